The van der Waals surface area contributed by atoms with E-state index in [1.807, 2.05) is 60.7 Å². The lowest BCUT2D eigenvalue weighted by Crippen LogP contribution is -1.99. The van der Waals surface area contributed by atoms with Gasteiger partial charge in [0.15, 0.2) is 5.76 Å². The van der Waals surface area contributed by atoms with Crippen LogP contribution in [0.3, 0.4) is 0 Å². The maximum atomic E-state index is 10.2. The molecule has 0 bridgehead atoms. The molecule has 0 aliphatic rings. The van der Waals surface area contributed by atoms with Crippen LogP contribution < -0.4 is 0 Å². The van der Waals surface area contributed by atoms with Gasteiger partial charge in [-0.25, -0.2) is 4.98 Å². The van der Waals surface area contributed by atoms with Gasteiger partial charge in [-0.15, -0.1) is 0 Å². The van der Waals surface area contributed by atoms with Gasteiger partial charge in [0.1, 0.15) is 11.8 Å². The zero-order valence-corrected chi connectivity index (χ0v) is 12.7. The van der Waals surface area contributed by atoms with Crippen molar-refractivity contribution in [3.8, 4) is 22.6 Å². The molecule has 23 heavy (non-hydrogen) atoms. The van der Waals surface area contributed by atoms with E-state index < -0.39 is 6.10 Å². The highest BCUT2D eigenvalue weighted by atomic mass is 16.4. The Morgan fingerprint density at radius 2 is 1.52 bits per heavy atom. The van der Waals surface area contributed by atoms with Crippen molar-refractivity contribution in [2.24, 2.45) is 0 Å². The Hall–Kier alpha value is -2.43. The second-order valence-corrected chi connectivity index (χ2v) is 5.34. The molecule has 3 rings (SSSR count). The summed E-state index contributed by atoms with van der Waals surface area (Å²) in [5.41, 5.74) is 2.57. The second kappa shape index (κ2) is 7.22. The maximum absolute atomic E-state index is 10.2. The molecule has 0 fully saturated rings. The van der Waals surface area contributed by atoms with Gasteiger partial charge in [0.05, 0.1) is 0 Å². The van der Waals surface area contributed by atoms with Crippen molar-refractivity contribution >= 4 is 0 Å². The number of aromatic nitrogens is 1. The van der Waals surface area contributed by atoms with Crippen molar-refractivity contribution in [1.82, 2.24) is 4.98 Å². The molecule has 1 heterocycles. The standard InChI is InChI=1S/C19H19NO3/c21-13-7-12-16(22)19-20-17(14-8-3-1-4-9-14)18(23-19)15-10-5-2-6-11-15/h1-6,8-11,16,21-22H,7,12-13H2. The molecule has 4 heteroatoms. The van der Waals surface area contributed by atoms with E-state index in [1.54, 1.807) is 0 Å². The highest BCUT2D eigenvalue weighted by Crippen LogP contribution is 2.34. The number of oxazole rings is 1. The lowest BCUT2D eigenvalue weighted by Gasteiger charge is -2.04. The SMILES string of the molecule is OCCCC(O)c1nc(-c2ccccc2)c(-c2ccccc2)o1. The molecule has 118 valence electrons. The molecule has 4 nitrogen and oxygen atoms in total. The van der Waals surface area contributed by atoms with Gasteiger partial charge in [0.25, 0.3) is 0 Å². The molecule has 0 spiro atoms. The van der Waals surface area contributed by atoms with E-state index in [9.17, 15) is 5.11 Å². The highest BCUT2D eigenvalue weighted by molar-refractivity contribution is 5.76. The molecule has 0 saturated heterocycles. The third-order valence-corrected chi connectivity index (χ3v) is 3.65. The summed E-state index contributed by atoms with van der Waals surface area (Å²) in [4.78, 5) is 4.51. The van der Waals surface area contributed by atoms with Crippen molar-refractivity contribution in [3.05, 3.63) is 66.6 Å². The normalized spacial score (nSPS) is 12.3. The summed E-state index contributed by atoms with van der Waals surface area (Å²) >= 11 is 0. The van der Waals surface area contributed by atoms with Crippen molar-refractivity contribution in [3.63, 3.8) is 0 Å². The predicted octanol–water partition coefficient (Wildman–Crippen LogP) is 3.81. The predicted molar refractivity (Wildman–Crippen MR) is 88.7 cm³/mol. The number of aliphatic hydroxyl groups excluding tert-OH is 2. The van der Waals surface area contributed by atoms with Crippen molar-refractivity contribution < 1.29 is 14.6 Å². The first-order valence-corrected chi connectivity index (χ1v) is 7.70. The molecule has 3 aromatic rings. The van der Waals surface area contributed by atoms with E-state index >= 15 is 0 Å². The number of aliphatic hydroxyl groups is 2. The van der Waals surface area contributed by atoms with Crippen LogP contribution in [-0.4, -0.2) is 21.8 Å². The van der Waals surface area contributed by atoms with E-state index in [2.05, 4.69) is 4.98 Å². The molecule has 0 radical (unpaired) electrons. The first kappa shape index (κ1) is 15.5. The second-order valence-electron chi connectivity index (χ2n) is 5.34. The van der Waals surface area contributed by atoms with Gasteiger partial charge in [-0.1, -0.05) is 60.7 Å². The number of hydrogen-bond acceptors (Lipinski definition) is 4. The van der Waals surface area contributed by atoms with Gasteiger partial charge in [-0.2, -0.15) is 0 Å². The summed E-state index contributed by atoms with van der Waals surface area (Å²) in [7, 11) is 0. The quantitative estimate of drug-likeness (QED) is 0.726. The van der Waals surface area contributed by atoms with E-state index in [4.69, 9.17) is 9.52 Å². The average Bonchev–Trinajstić information content (AvgIpc) is 3.06. The van der Waals surface area contributed by atoms with Crippen molar-refractivity contribution in [2.45, 2.75) is 18.9 Å². The summed E-state index contributed by atoms with van der Waals surface area (Å²) in [6.45, 7) is 0.0366. The molecule has 1 aromatic heterocycles. The molecule has 0 aliphatic heterocycles. The largest absolute Gasteiger partial charge is 0.437 e. The van der Waals surface area contributed by atoms with Gasteiger partial charge in [0, 0.05) is 17.7 Å². The lowest BCUT2D eigenvalue weighted by atomic mass is 10.1. The first-order chi connectivity index (χ1) is 11.3. The van der Waals surface area contributed by atoms with E-state index in [-0.39, 0.29) is 12.5 Å². The van der Waals surface area contributed by atoms with Crippen molar-refractivity contribution in [1.29, 1.82) is 0 Å². The highest BCUT2D eigenvalue weighted by Gasteiger charge is 2.21. The Balaban J connectivity index is 2.04. The minimum Gasteiger partial charge on any atom is -0.437 e. The summed E-state index contributed by atoms with van der Waals surface area (Å²) in [5.74, 6) is 0.936. The minimum atomic E-state index is -0.818. The van der Waals surface area contributed by atoms with Crippen LogP contribution in [0, 0.1) is 0 Å². The molecule has 0 saturated carbocycles. The number of nitrogens with zero attached hydrogens (tertiary/aromatic N) is 1. The van der Waals surface area contributed by atoms with Gasteiger partial charge in [0.2, 0.25) is 5.89 Å². The van der Waals surface area contributed by atoms with Crippen molar-refractivity contribution in [2.75, 3.05) is 6.61 Å². The number of benzene rings is 2. The van der Waals surface area contributed by atoms with Crippen LogP contribution in [0.5, 0.6) is 0 Å². The maximum Gasteiger partial charge on any atom is 0.224 e. The minimum absolute atomic E-state index is 0.0366. The Kier molecular flexibility index (Phi) is 4.86. The average molecular weight is 309 g/mol. The Labute approximate surface area is 135 Å². The molecule has 0 aliphatic carbocycles. The third kappa shape index (κ3) is 3.50. The molecular formula is C19H19NO3. The molecular weight excluding hydrogens is 290 g/mol. The van der Waals surface area contributed by atoms with Crippen LogP contribution in [0.15, 0.2) is 65.1 Å². The molecule has 2 aromatic carbocycles. The van der Waals surface area contributed by atoms with Crippen LogP contribution in [0.1, 0.15) is 24.8 Å². The Morgan fingerprint density at radius 3 is 2.13 bits per heavy atom. The monoisotopic (exact) mass is 309 g/mol. The van der Waals surface area contributed by atoms with E-state index in [0.717, 1.165) is 16.8 Å². The summed E-state index contributed by atoms with van der Waals surface area (Å²) in [6.07, 6.45) is 0.103. The van der Waals surface area contributed by atoms with Crippen LogP contribution in [-0.2, 0) is 0 Å². The molecule has 1 unspecified atom stereocenters. The fraction of sp³-hybridized carbons (Fsp3) is 0.211. The fourth-order valence-electron chi connectivity index (χ4n) is 2.46. The van der Waals surface area contributed by atoms with E-state index in [0.29, 0.717) is 18.6 Å². The summed E-state index contributed by atoms with van der Waals surface area (Å²) in [6, 6.07) is 19.5. The van der Waals surface area contributed by atoms with Gasteiger partial charge >= 0.3 is 0 Å². The van der Waals surface area contributed by atoms with Gasteiger partial charge in [-0.05, 0) is 12.8 Å². The number of hydrogen-bond donors (Lipinski definition) is 2. The lowest BCUT2D eigenvalue weighted by molar-refractivity contribution is 0.123. The summed E-state index contributed by atoms with van der Waals surface area (Å²) in [5, 5.41) is 19.1. The van der Waals surface area contributed by atoms with Crippen LogP contribution >= 0.6 is 0 Å². The van der Waals surface area contributed by atoms with Crippen LogP contribution in [0.4, 0.5) is 0 Å². The topological polar surface area (TPSA) is 66.5 Å². The summed E-state index contributed by atoms with van der Waals surface area (Å²) < 4.78 is 5.87. The fourth-order valence-corrected chi connectivity index (χ4v) is 2.46. The van der Waals surface area contributed by atoms with Crippen LogP contribution in [0.25, 0.3) is 22.6 Å². The Bertz CT molecular complexity index is 681. The zero-order valence-electron chi connectivity index (χ0n) is 12.7. The Morgan fingerprint density at radius 1 is 0.913 bits per heavy atom. The molecule has 2 N–H and O–H groups in total. The molecule has 1 atom stereocenters. The van der Waals surface area contributed by atoms with Gasteiger partial charge in [-0.3, -0.25) is 0 Å². The smallest absolute Gasteiger partial charge is 0.224 e. The third-order valence-electron chi connectivity index (χ3n) is 3.65. The number of rotatable bonds is 6. The van der Waals surface area contributed by atoms with Crippen LogP contribution in [0.2, 0.25) is 0 Å². The van der Waals surface area contributed by atoms with Gasteiger partial charge < -0.3 is 14.6 Å². The first-order valence-electron chi connectivity index (χ1n) is 7.70. The van der Waals surface area contributed by atoms with E-state index in [1.165, 1.54) is 0 Å². The zero-order chi connectivity index (χ0) is 16.1. The molecule has 0 amide bonds.